The molecule has 0 radical (unpaired) electrons. The van der Waals surface area contributed by atoms with Gasteiger partial charge < -0.3 is 4.98 Å². The second-order valence-corrected chi connectivity index (χ2v) is 10.5. The first kappa shape index (κ1) is 26.3. The number of non-ortho nitro benzene ring substituents is 1. The van der Waals surface area contributed by atoms with Gasteiger partial charge in [-0.1, -0.05) is 58.4 Å². The van der Waals surface area contributed by atoms with E-state index in [9.17, 15) is 24.1 Å². The molecule has 0 saturated carbocycles. The number of nitrogens with one attached hydrogen (secondary N) is 1. The van der Waals surface area contributed by atoms with E-state index >= 15 is 0 Å². The standard InChI is InChI=1S/C31H20BrFN4O4/c32-21-11-14-25-24(16-21)28(18-5-2-1-3-6-18)29(30(38)34-25)26-17-27(20-7-4-8-23(15-20)37(40)41)36(35-26)31(39)19-9-12-22(33)13-10-19/h1-16,27H,17H2,(H,34,38)/t27-/m1/s1. The second-order valence-electron chi connectivity index (χ2n) is 9.54. The number of aromatic nitrogens is 1. The number of amides is 1. The average Bonchev–Trinajstić information content (AvgIpc) is 3.42. The zero-order valence-electron chi connectivity index (χ0n) is 21.3. The summed E-state index contributed by atoms with van der Waals surface area (Å²) < 4.78 is 14.4. The molecule has 0 saturated heterocycles. The molecule has 0 aliphatic carbocycles. The van der Waals surface area contributed by atoms with Crippen LogP contribution in [0.5, 0.6) is 0 Å². The van der Waals surface area contributed by atoms with E-state index < -0.39 is 22.7 Å². The van der Waals surface area contributed by atoms with Gasteiger partial charge in [-0.2, -0.15) is 5.10 Å². The van der Waals surface area contributed by atoms with Crippen molar-refractivity contribution in [2.45, 2.75) is 12.5 Å². The molecule has 1 N–H and O–H groups in total. The minimum Gasteiger partial charge on any atom is -0.321 e. The Kier molecular flexibility index (Phi) is 6.76. The van der Waals surface area contributed by atoms with Crippen LogP contribution in [-0.2, 0) is 0 Å². The molecular weight excluding hydrogens is 591 g/mol. The maximum Gasteiger partial charge on any atom is 0.274 e. The first-order valence-electron chi connectivity index (χ1n) is 12.6. The molecular formula is C31H20BrFN4O4. The van der Waals surface area contributed by atoms with Gasteiger partial charge >= 0.3 is 0 Å². The first-order valence-corrected chi connectivity index (χ1v) is 13.4. The van der Waals surface area contributed by atoms with E-state index in [0.717, 1.165) is 15.4 Å². The number of fused-ring (bicyclic) bond motifs is 1. The Morgan fingerprint density at radius 1 is 0.976 bits per heavy atom. The molecule has 0 unspecified atom stereocenters. The molecule has 4 aromatic carbocycles. The number of pyridine rings is 1. The van der Waals surface area contributed by atoms with Crippen molar-refractivity contribution in [1.29, 1.82) is 0 Å². The second kappa shape index (κ2) is 10.5. The number of carbonyl (C=O) groups excluding carboxylic acids is 1. The predicted molar refractivity (Wildman–Crippen MR) is 157 cm³/mol. The lowest BCUT2D eigenvalue weighted by atomic mass is 9.91. The third kappa shape index (κ3) is 4.93. The van der Waals surface area contributed by atoms with Crippen LogP contribution in [0.15, 0.2) is 111 Å². The van der Waals surface area contributed by atoms with Crippen LogP contribution in [0.3, 0.4) is 0 Å². The molecule has 10 heteroatoms. The molecule has 8 nitrogen and oxygen atoms in total. The van der Waals surface area contributed by atoms with E-state index in [0.29, 0.717) is 27.9 Å². The number of aromatic amines is 1. The smallest absolute Gasteiger partial charge is 0.274 e. The van der Waals surface area contributed by atoms with Gasteiger partial charge in [-0.25, -0.2) is 9.40 Å². The molecule has 6 rings (SSSR count). The zero-order chi connectivity index (χ0) is 28.7. The minimum absolute atomic E-state index is 0.122. The number of rotatable bonds is 5. The van der Waals surface area contributed by atoms with Gasteiger partial charge in [0.2, 0.25) is 0 Å². The van der Waals surface area contributed by atoms with Gasteiger partial charge in [-0.3, -0.25) is 19.7 Å². The highest BCUT2D eigenvalue weighted by Crippen LogP contribution is 2.38. The zero-order valence-corrected chi connectivity index (χ0v) is 22.8. The number of nitro benzene ring substituents is 1. The number of benzene rings is 4. The van der Waals surface area contributed by atoms with E-state index in [4.69, 9.17) is 0 Å². The summed E-state index contributed by atoms with van der Waals surface area (Å²) in [5.41, 5.74) is 2.86. The summed E-state index contributed by atoms with van der Waals surface area (Å²) in [5, 5.41) is 18.2. The summed E-state index contributed by atoms with van der Waals surface area (Å²) in [5.74, 6) is -1.03. The van der Waals surface area contributed by atoms with Crippen molar-refractivity contribution in [1.82, 2.24) is 9.99 Å². The maximum absolute atomic E-state index is 13.7. The van der Waals surface area contributed by atoms with E-state index in [1.54, 1.807) is 12.1 Å². The van der Waals surface area contributed by atoms with Gasteiger partial charge in [-0.15, -0.1) is 0 Å². The van der Waals surface area contributed by atoms with Crippen molar-refractivity contribution in [3.63, 3.8) is 0 Å². The lowest BCUT2D eigenvalue weighted by Crippen LogP contribution is -2.27. The fraction of sp³-hybridized carbons (Fsp3) is 0.0645. The maximum atomic E-state index is 13.7. The van der Waals surface area contributed by atoms with E-state index in [1.165, 1.54) is 41.4 Å². The molecule has 1 aromatic heterocycles. The molecule has 0 bridgehead atoms. The summed E-state index contributed by atoms with van der Waals surface area (Å²) in [6, 6.07) is 25.3. The molecule has 0 spiro atoms. The van der Waals surface area contributed by atoms with Crippen LogP contribution in [-0.4, -0.2) is 26.5 Å². The number of nitrogens with zero attached hydrogens (tertiary/aromatic N) is 3. The lowest BCUT2D eigenvalue weighted by molar-refractivity contribution is -0.384. The van der Waals surface area contributed by atoms with Gasteiger partial charge in [0.25, 0.3) is 17.2 Å². The number of nitro groups is 1. The highest BCUT2D eigenvalue weighted by molar-refractivity contribution is 9.10. The third-order valence-electron chi connectivity index (χ3n) is 7.00. The van der Waals surface area contributed by atoms with Crippen LogP contribution in [0.25, 0.3) is 22.0 Å². The van der Waals surface area contributed by atoms with Crippen molar-refractivity contribution in [2.75, 3.05) is 0 Å². The molecule has 1 atom stereocenters. The van der Waals surface area contributed by atoms with Gasteiger partial charge in [-0.05, 0) is 53.6 Å². The molecule has 2 heterocycles. The van der Waals surface area contributed by atoms with Gasteiger partial charge in [0.15, 0.2) is 0 Å². The van der Waals surface area contributed by atoms with Gasteiger partial charge in [0, 0.05) is 45.1 Å². The number of hydrogen-bond acceptors (Lipinski definition) is 5. The minimum atomic E-state index is -0.747. The van der Waals surface area contributed by atoms with Crippen molar-refractivity contribution in [2.24, 2.45) is 5.10 Å². The number of hydrazone groups is 1. The molecule has 1 amide bonds. The normalized spacial score (nSPS) is 14.7. The first-order chi connectivity index (χ1) is 19.8. The molecule has 5 aromatic rings. The number of H-pyrrole nitrogens is 1. The Hall–Kier alpha value is -4.96. The van der Waals surface area contributed by atoms with Crippen molar-refractivity contribution < 1.29 is 14.1 Å². The summed E-state index contributed by atoms with van der Waals surface area (Å²) in [6.45, 7) is 0. The molecule has 41 heavy (non-hydrogen) atoms. The summed E-state index contributed by atoms with van der Waals surface area (Å²) in [7, 11) is 0. The Morgan fingerprint density at radius 2 is 1.73 bits per heavy atom. The highest BCUT2D eigenvalue weighted by Gasteiger charge is 2.36. The van der Waals surface area contributed by atoms with Crippen LogP contribution in [0.4, 0.5) is 10.1 Å². The van der Waals surface area contributed by atoms with Crippen LogP contribution < -0.4 is 5.56 Å². The fourth-order valence-electron chi connectivity index (χ4n) is 5.12. The largest absolute Gasteiger partial charge is 0.321 e. The van der Waals surface area contributed by atoms with Crippen molar-refractivity contribution in [3.05, 3.63) is 145 Å². The predicted octanol–water partition coefficient (Wildman–Crippen LogP) is 7.00. The monoisotopic (exact) mass is 610 g/mol. The Morgan fingerprint density at radius 3 is 2.46 bits per heavy atom. The lowest BCUT2D eigenvalue weighted by Gasteiger charge is -2.22. The summed E-state index contributed by atoms with van der Waals surface area (Å²) >= 11 is 3.53. The Balaban J connectivity index is 1.57. The van der Waals surface area contributed by atoms with Crippen molar-refractivity contribution >= 4 is 44.1 Å². The van der Waals surface area contributed by atoms with E-state index in [2.05, 4.69) is 26.0 Å². The quantitative estimate of drug-likeness (QED) is 0.171. The number of carbonyl (C=O) groups is 1. The summed E-state index contributed by atoms with van der Waals surface area (Å²) in [4.78, 5) is 41.4. The average molecular weight is 611 g/mol. The van der Waals surface area contributed by atoms with E-state index in [-0.39, 0.29) is 23.2 Å². The Labute approximate surface area is 241 Å². The molecule has 1 aliphatic rings. The van der Waals surface area contributed by atoms with Crippen LogP contribution >= 0.6 is 15.9 Å². The topological polar surface area (TPSA) is 109 Å². The van der Waals surface area contributed by atoms with E-state index in [1.807, 2.05) is 48.5 Å². The number of hydrogen-bond donors (Lipinski definition) is 1. The SMILES string of the molecule is O=C(c1ccc(F)cc1)N1N=C(c2c(-c3ccccc3)c3cc(Br)ccc3[nH]c2=O)C[C@@H]1c1cccc([N+](=O)[O-])c1. The highest BCUT2D eigenvalue weighted by atomic mass is 79.9. The van der Waals surface area contributed by atoms with Crippen LogP contribution in [0.1, 0.15) is 33.9 Å². The Bertz CT molecular complexity index is 1920. The van der Waals surface area contributed by atoms with Crippen molar-refractivity contribution in [3.8, 4) is 11.1 Å². The third-order valence-corrected chi connectivity index (χ3v) is 7.50. The molecule has 1 aliphatic heterocycles. The molecule has 202 valence electrons. The number of halogens is 2. The van der Waals surface area contributed by atoms with Gasteiger partial charge in [0.05, 0.1) is 22.2 Å². The molecule has 0 fully saturated rings. The van der Waals surface area contributed by atoms with Crippen LogP contribution in [0.2, 0.25) is 0 Å². The summed E-state index contributed by atoms with van der Waals surface area (Å²) in [6.07, 6.45) is 0.122. The van der Waals surface area contributed by atoms with Gasteiger partial charge in [0.1, 0.15) is 5.82 Å². The van der Waals surface area contributed by atoms with Crippen LogP contribution in [0, 0.1) is 15.9 Å². The fourth-order valence-corrected chi connectivity index (χ4v) is 5.49.